The number of benzene rings is 1. The molecule has 0 saturated carbocycles. The van der Waals surface area contributed by atoms with Gasteiger partial charge in [-0.15, -0.1) is 0 Å². The lowest BCUT2D eigenvalue weighted by Crippen LogP contribution is -2.42. The second-order valence-corrected chi connectivity index (χ2v) is 5.18. The molecule has 0 spiro atoms. The molecule has 1 aliphatic rings. The number of carbonyl (C=O) groups is 1. The van der Waals surface area contributed by atoms with Crippen molar-refractivity contribution in [2.24, 2.45) is 5.73 Å². The maximum absolute atomic E-state index is 12.1. The van der Waals surface area contributed by atoms with Crippen molar-refractivity contribution in [1.29, 1.82) is 0 Å². The summed E-state index contributed by atoms with van der Waals surface area (Å²) < 4.78 is 1.90. The summed E-state index contributed by atoms with van der Waals surface area (Å²) in [6.45, 7) is 3.70. The molecule has 6 heteroatoms. The highest BCUT2D eigenvalue weighted by Crippen LogP contribution is 2.26. The zero-order chi connectivity index (χ0) is 14.8. The number of aromatic nitrogens is 3. The molecule has 1 aromatic heterocycles. The zero-order valence-corrected chi connectivity index (χ0v) is 12.1. The Morgan fingerprint density at radius 2 is 2.10 bits per heavy atom. The van der Waals surface area contributed by atoms with Crippen molar-refractivity contribution in [1.82, 2.24) is 19.7 Å². The van der Waals surface area contributed by atoms with E-state index in [1.807, 2.05) is 46.8 Å². The Hall–Kier alpha value is -2.21. The number of rotatable bonds is 3. The highest BCUT2D eigenvalue weighted by Gasteiger charge is 2.30. The van der Waals surface area contributed by atoms with E-state index in [4.69, 9.17) is 5.73 Å². The maximum Gasteiger partial charge on any atom is 0.224 e. The van der Waals surface area contributed by atoms with Gasteiger partial charge in [0, 0.05) is 25.1 Å². The molecule has 0 radical (unpaired) electrons. The number of nitrogens with two attached hydrogens (primary N) is 1. The molecule has 6 nitrogen and oxygen atoms in total. The Bertz CT molecular complexity index is 637. The molecule has 2 N–H and O–H groups in total. The van der Waals surface area contributed by atoms with Crippen molar-refractivity contribution in [3.8, 4) is 11.4 Å². The standard InChI is InChI=1S/C15H19N5O/c1-11-15-17-14(12-5-3-2-4-6-12)18-20(15)10-9-19(11)13(21)7-8-16/h2-6,11H,7-10,16H2,1H3/t11-/m0/s1. The molecular formula is C15H19N5O. The second-order valence-electron chi connectivity index (χ2n) is 5.18. The second kappa shape index (κ2) is 5.65. The molecule has 0 unspecified atom stereocenters. The topological polar surface area (TPSA) is 77.0 Å². The van der Waals surface area contributed by atoms with Gasteiger partial charge in [0.1, 0.15) is 5.82 Å². The molecule has 1 aromatic carbocycles. The third kappa shape index (κ3) is 2.54. The third-order valence-corrected chi connectivity index (χ3v) is 3.80. The van der Waals surface area contributed by atoms with Crippen LogP contribution >= 0.6 is 0 Å². The van der Waals surface area contributed by atoms with Crippen molar-refractivity contribution >= 4 is 5.91 Å². The van der Waals surface area contributed by atoms with E-state index in [0.29, 0.717) is 31.9 Å². The average molecular weight is 285 g/mol. The Morgan fingerprint density at radius 3 is 2.81 bits per heavy atom. The van der Waals surface area contributed by atoms with Crippen LogP contribution in [0.15, 0.2) is 30.3 Å². The molecule has 0 aliphatic carbocycles. The van der Waals surface area contributed by atoms with E-state index in [0.717, 1.165) is 11.4 Å². The molecule has 110 valence electrons. The van der Waals surface area contributed by atoms with Crippen molar-refractivity contribution < 1.29 is 4.79 Å². The van der Waals surface area contributed by atoms with Gasteiger partial charge in [-0.1, -0.05) is 30.3 Å². The lowest BCUT2D eigenvalue weighted by molar-refractivity contribution is -0.134. The molecule has 0 saturated heterocycles. The fourth-order valence-corrected chi connectivity index (χ4v) is 2.68. The molecule has 2 heterocycles. The molecule has 1 aliphatic heterocycles. The van der Waals surface area contributed by atoms with Gasteiger partial charge in [-0.3, -0.25) is 4.79 Å². The predicted molar refractivity (Wildman–Crippen MR) is 79.3 cm³/mol. The van der Waals surface area contributed by atoms with E-state index in [9.17, 15) is 4.79 Å². The van der Waals surface area contributed by atoms with Gasteiger partial charge in [0.2, 0.25) is 5.91 Å². The maximum atomic E-state index is 12.1. The zero-order valence-electron chi connectivity index (χ0n) is 12.1. The van der Waals surface area contributed by atoms with Crippen molar-refractivity contribution in [3.05, 3.63) is 36.2 Å². The van der Waals surface area contributed by atoms with Crippen LogP contribution < -0.4 is 5.73 Å². The minimum atomic E-state index is -0.0669. The monoisotopic (exact) mass is 285 g/mol. The Labute approximate surface area is 123 Å². The number of hydrogen-bond acceptors (Lipinski definition) is 4. The summed E-state index contributed by atoms with van der Waals surface area (Å²) in [7, 11) is 0. The summed E-state index contributed by atoms with van der Waals surface area (Å²) in [5.41, 5.74) is 6.47. The van der Waals surface area contributed by atoms with Crippen LogP contribution in [0.2, 0.25) is 0 Å². The molecule has 1 amide bonds. The first-order valence-corrected chi connectivity index (χ1v) is 7.20. The van der Waals surface area contributed by atoms with Crippen molar-refractivity contribution in [2.45, 2.75) is 25.9 Å². The van der Waals surface area contributed by atoms with Crippen LogP contribution in [0.3, 0.4) is 0 Å². The van der Waals surface area contributed by atoms with Crippen LogP contribution in [0.4, 0.5) is 0 Å². The van der Waals surface area contributed by atoms with Gasteiger partial charge in [0.15, 0.2) is 5.82 Å². The highest BCUT2D eigenvalue weighted by atomic mass is 16.2. The van der Waals surface area contributed by atoms with E-state index in [-0.39, 0.29) is 11.9 Å². The summed E-state index contributed by atoms with van der Waals surface area (Å²) >= 11 is 0. The van der Waals surface area contributed by atoms with Gasteiger partial charge >= 0.3 is 0 Å². The van der Waals surface area contributed by atoms with E-state index in [1.54, 1.807) is 0 Å². The first-order chi connectivity index (χ1) is 10.2. The first kappa shape index (κ1) is 13.8. The van der Waals surface area contributed by atoms with Crippen molar-refractivity contribution in [3.63, 3.8) is 0 Å². The number of nitrogens with zero attached hydrogens (tertiary/aromatic N) is 4. The highest BCUT2D eigenvalue weighted by molar-refractivity contribution is 5.77. The van der Waals surface area contributed by atoms with E-state index in [1.165, 1.54) is 0 Å². The van der Waals surface area contributed by atoms with Crippen LogP contribution in [-0.2, 0) is 11.3 Å². The molecule has 2 aromatic rings. The fourth-order valence-electron chi connectivity index (χ4n) is 2.68. The minimum absolute atomic E-state index is 0.0669. The number of fused-ring (bicyclic) bond motifs is 1. The summed E-state index contributed by atoms with van der Waals surface area (Å²) in [6.07, 6.45) is 0.379. The van der Waals surface area contributed by atoms with Crippen molar-refractivity contribution in [2.75, 3.05) is 13.1 Å². The van der Waals surface area contributed by atoms with Crippen LogP contribution in [0.1, 0.15) is 25.2 Å². The molecule has 1 atom stereocenters. The quantitative estimate of drug-likeness (QED) is 0.919. The summed E-state index contributed by atoms with van der Waals surface area (Å²) in [5, 5.41) is 4.55. The lowest BCUT2D eigenvalue weighted by atomic mass is 10.2. The van der Waals surface area contributed by atoms with Gasteiger partial charge in [0.05, 0.1) is 12.6 Å². The lowest BCUT2D eigenvalue weighted by Gasteiger charge is -2.32. The SMILES string of the molecule is C[C@H]1c2nc(-c3ccccc3)nn2CCN1C(=O)CCN. The normalized spacial score (nSPS) is 17.6. The summed E-state index contributed by atoms with van der Waals surface area (Å²) in [5.74, 6) is 1.64. The van der Waals surface area contributed by atoms with Gasteiger partial charge in [-0.25, -0.2) is 9.67 Å². The van der Waals surface area contributed by atoms with Gasteiger partial charge in [-0.2, -0.15) is 5.10 Å². The average Bonchev–Trinajstić information content (AvgIpc) is 2.94. The number of hydrogen-bond donors (Lipinski definition) is 1. The van der Waals surface area contributed by atoms with Crippen LogP contribution in [0, 0.1) is 0 Å². The van der Waals surface area contributed by atoms with Crippen LogP contribution in [-0.4, -0.2) is 38.7 Å². The fraction of sp³-hybridized carbons (Fsp3) is 0.400. The predicted octanol–water partition coefficient (Wildman–Crippen LogP) is 1.20. The molecule has 3 rings (SSSR count). The third-order valence-electron chi connectivity index (χ3n) is 3.80. The van der Waals surface area contributed by atoms with E-state index in [2.05, 4.69) is 10.1 Å². The Morgan fingerprint density at radius 1 is 1.33 bits per heavy atom. The smallest absolute Gasteiger partial charge is 0.224 e. The van der Waals surface area contributed by atoms with Gasteiger partial charge in [-0.05, 0) is 6.92 Å². The van der Waals surface area contributed by atoms with Crippen LogP contribution in [0.25, 0.3) is 11.4 Å². The van der Waals surface area contributed by atoms with Crippen LogP contribution in [0.5, 0.6) is 0 Å². The molecule has 21 heavy (non-hydrogen) atoms. The summed E-state index contributed by atoms with van der Waals surface area (Å²) in [4.78, 5) is 18.5. The minimum Gasteiger partial charge on any atom is -0.331 e. The number of amides is 1. The number of carbonyl (C=O) groups excluding carboxylic acids is 1. The largest absolute Gasteiger partial charge is 0.331 e. The molecule has 0 fully saturated rings. The first-order valence-electron chi connectivity index (χ1n) is 7.20. The molecule has 0 bridgehead atoms. The van der Waals surface area contributed by atoms with E-state index >= 15 is 0 Å². The molecular weight excluding hydrogens is 266 g/mol. The van der Waals surface area contributed by atoms with E-state index < -0.39 is 0 Å². The van der Waals surface area contributed by atoms with Gasteiger partial charge < -0.3 is 10.6 Å². The Kier molecular flexibility index (Phi) is 3.70. The van der Waals surface area contributed by atoms with Gasteiger partial charge in [0.25, 0.3) is 0 Å². The summed E-state index contributed by atoms with van der Waals surface area (Å²) in [6, 6.07) is 9.82. The Balaban J connectivity index is 1.89.